The van der Waals surface area contributed by atoms with Crippen molar-refractivity contribution in [1.82, 2.24) is 25.3 Å². The number of para-hydroxylation sites is 2. The molecule has 1 atom stereocenters. The Morgan fingerprint density at radius 3 is 2.49 bits per heavy atom. The number of hydrogen-bond donors (Lipinski definition) is 1. The number of amides is 2. The van der Waals surface area contributed by atoms with Gasteiger partial charge in [0.25, 0.3) is 0 Å². The van der Waals surface area contributed by atoms with Gasteiger partial charge < -0.3 is 5.32 Å². The molecule has 0 saturated carbocycles. The average Bonchev–Trinajstić information content (AvgIpc) is 3.26. The van der Waals surface area contributed by atoms with E-state index in [1.54, 1.807) is 42.7 Å². The van der Waals surface area contributed by atoms with Gasteiger partial charge in [0.2, 0.25) is 11.8 Å². The maximum Gasteiger partial charge on any atom is 0.249 e. The van der Waals surface area contributed by atoms with Crippen LogP contribution in [0.1, 0.15) is 31.9 Å². The van der Waals surface area contributed by atoms with E-state index < -0.39 is 23.7 Å². The SMILES string of the molecule is CC(C)CCNC(=O)[C@@H](c1ccncc1)N(C(=O)Cn1nnc2ccccc21)c1ccccc1F. The smallest absolute Gasteiger partial charge is 0.249 e. The Hall–Kier alpha value is -4.14. The Morgan fingerprint density at radius 1 is 1.03 bits per heavy atom. The number of aromatic nitrogens is 4. The second kappa shape index (κ2) is 10.9. The minimum Gasteiger partial charge on any atom is -0.354 e. The topological polar surface area (TPSA) is 93.0 Å². The first-order valence-electron chi connectivity index (χ1n) is 11.5. The number of fused-ring (bicyclic) bond motifs is 1. The van der Waals surface area contributed by atoms with Gasteiger partial charge in [-0.2, -0.15) is 0 Å². The summed E-state index contributed by atoms with van der Waals surface area (Å²) in [5, 5.41) is 11.1. The Morgan fingerprint density at radius 2 is 1.74 bits per heavy atom. The fourth-order valence-corrected chi connectivity index (χ4v) is 3.85. The van der Waals surface area contributed by atoms with Crippen LogP contribution in [0.2, 0.25) is 0 Å². The lowest BCUT2D eigenvalue weighted by Crippen LogP contribution is -2.46. The molecule has 2 aromatic carbocycles. The quantitative estimate of drug-likeness (QED) is 0.397. The van der Waals surface area contributed by atoms with E-state index in [1.165, 1.54) is 27.8 Å². The molecule has 0 radical (unpaired) electrons. The van der Waals surface area contributed by atoms with E-state index in [0.29, 0.717) is 29.1 Å². The third kappa shape index (κ3) is 5.51. The average molecular weight is 475 g/mol. The molecule has 180 valence electrons. The van der Waals surface area contributed by atoms with Crippen molar-refractivity contribution in [2.45, 2.75) is 32.9 Å². The van der Waals surface area contributed by atoms with Gasteiger partial charge in [0.15, 0.2) is 0 Å². The molecule has 0 unspecified atom stereocenters. The van der Waals surface area contributed by atoms with Crippen LogP contribution in [0, 0.1) is 11.7 Å². The third-order valence-electron chi connectivity index (χ3n) is 5.64. The van der Waals surface area contributed by atoms with Crippen molar-refractivity contribution in [3.63, 3.8) is 0 Å². The third-order valence-corrected chi connectivity index (χ3v) is 5.64. The predicted octanol–water partition coefficient (Wildman–Crippen LogP) is 3.90. The predicted molar refractivity (Wildman–Crippen MR) is 131 cm³/mol. The summed E-state index contributed by atoms with van der Waals surface area (Å²) < 4.78 is 16.5. The van der Waals surface area contributed by atoms with Crippen molar-refractivity contribution in [2.24, 2.45) is 5.92 Å². The molecule has 0 aliphatic rings. The van der Waals surface area contributed by atoms with Gasteiger partial charge in [-0.3, -0.25) is 19.5 Å². The molecule has 35 heavy (non-hydrogen) atoms. The first kappa shape index (κ1) is 24.0. The summed E-state index contributed by atoms with van der Waals surface area (Å²) in [6.45, 7) is 4.33. The maximum atomic E-state index is 15.1. The number of benzene rings is 2. The molecule has 0 aliphatic heterocycles. The van der Waals surface area contributed by atoms with Crippen LogP contribution >= 0.6 is 0 Å². The molecular weight excluding hydrogens is 447 g/mol. The van der Waals surface area contributed by atoms with Crippen LogP contribution < -0.4 is 10.2 Å². The fraction of sp³-hybridized carbons (Fsp3) is 0.269. The molecule has 0 fully saturated rings. The summed E-state index contributed by atoms with van der Waals surface area (Å²) in [4.78, 5) is 32.5. The van der Waals surface area contributed by atoms with Gasteiger partial charge in [0.05, 0.1) is 11.2 Å². The van der Waals surface area contributed by atoms with Crippen LogP contribution in [0.3, 0.4) is 0 Å². The zero-order chi connectivity index (χ0) is 24.8. The second-order valence-electron chi connectivity index (χ2n) is 8.61. The number of carbonyl (C=O) groups excluding carboxylic acids is 2. The molecule has 2 aromatic heterocycles. The van der Waals surface area contributed by atoms with Gasteiger partial charge in [-0.1, -0.05) is 43.3 Å². The maximum absolute atomic E-state index is 15.1. The minimum atomic E-state index is -1.11. The van der Waals surface area contributed by atoms with Gasteiger partial charge >= 0.3 is 0 Å². The van der Waals surface area contributed by atoms with E-state index in [4.69, 9.17) is 0 Å². The molecule has 4 rings (SSSR count). The summed E-state index contributed by atoms with van der Waals surface area (Å²) in [6.07, 6.45) is 3.85. The van der Waals surface area contributed by atoms with E-state index in [9.17, 15) is 9.59 Å². The van der Waals surface area contributed by atoms with Crippen LogP contribution in [0.15, 0.2) is 73.1 Å². The number of rotatable bonds is 9. The molecular formula is C26H27FN6O2. The van der Waals surface area contributed by atoms with Crippen molar-refractivity contribution in [3.8, 4) is 0 Å². The normalized spacial score (nSPS) is 12.0. The van der Waals surface area contributed by atoms with E-state index in [1.807, 2.05) is 12.1 Å². The number of nitrogens with zero attached hydrogens (tertiary/aromatic N) is 5. The molecule has 2 amide bonds. The number of pyridine rings is 1. The first-order valence-corrected chi connectivity index (χ1v) is 11.5. The molecule has 0 spiro atoms. The Bertz CT molecular complexity index is 1310. The second-order valence-corrected chi connectivity index (χ2v) is 8.61. The lowest BCUT2D eigenvalue weighted by molar-refractivity contribution is -0.127. The van der Waals surface area contributed by atoms with Crippen molar-refractivity contribution in [2.75, 3.05) is 11.4 Å². The number of hydrogen-bond acceptors (Lipinski definition) is 5. The van der Waals surface area contributed by atoms with Gasteiger partial charge in [-0.25, -0.2) is 9.07 Å². The van der Waals surface area contributed by atoms with Crippen molar-refractivity contribution in [1.29, 1.82) is 0 Å². The summed E-state index contributed by atoms with van der Waals surface area (Å²) in [5.41, 5.74) is 1.82. The lowest BCUT2D eigenvalue weighted by Gasteiger charge is -2.31. The summed E-state index contributed by atoms with van der Waals surface area (Å²) in [5.74, 6) is -1.14. The molecule has 9 heteroatoms. The Balaban J connectivity index is 1.76. The van der Waals surface area contributed by atoms with Gasteiger partial charge in [-0.05, 0) is 54.3 Å². The van der Waals surface area contributed by atoms with Crippen molar-refractivity contribution in [3.05, 3.63) is 84.4 Å². The summed E-state index contributed by atoms with van der Waals surface area (Å²) in [6, 6.07) is 15.4. The standard InChI is InChI=1S/C26H27FN6O2/c1-18(2)11-16-29-26(35)25(19-12-14-28-15-13-19)33(22-9-5-3-7-20(22)27)24(34)17-32-23-10-6-4-8-21(23)30-31-32/h3-10,12-15,18,25H,11,16-17H2,1-2H3,(H,29,35)/t25-/m1/s1. The molecule has 0 bridgehead atoms. The Labute approximate surface area is 202 Å². The van der Waals surface area contributed by atoms with E-state index in [0.717, 1.165) is 6.42 Å². The van der Waals surface area contributed by atoms with Crippen LogP contribution in [-0.4, -0.2) is 38.3 Å². The molecule has 0 saturated heterocycles. The van der Waals surface area contributed by atoms with E-state index in [-0.39, 0.29) is 12.2 Å². The monoisotopic (exact) mass is 474 g/mol. The highest BCUT2D eigenvalue weighted by Crippen LogP contribution is 2.30. The minimum absolute atomic E-state index is 0.00254. The largest absolute Gasteiger partial charge is 0.354 e. The number of nitrogens with one attached hydrogen (secondary N) is 1. The highest BCUT2D eigenvalue weighted by atomic mass is 19.1. The first-order chi connectivity index (χ1) is 17.0. The summed E-state index contributed by atoms with van der Waals surface area (Å²) in [7, 11) is 0. The molecule has 4 aromatic rings. The van der Waals surface area contributed by atoms with Gasteiger partial charge in [-0.15, -0.1) is 5.10 Å². The van der Waals surface area contributed by atoms with Crippen molar-refractivity contribution < 1.29 is 14.0 Å². The van der Waals surface area contributed by atoms with E-state index >= 15 is 4.39 Å². The molecule has 0 aliphatic carbocycles. The highest BCUT2D eigenvalue weighted by molar-refractivity contribution is 6.01. The van der Waals surface area contributed by atoms with E-state index in [2.05, 4.69) is 34.5 Å². The molecule has 2 heterocycles. The van der Waals surface area contributed by atoms with Gasteiger partial charge in [0, 0.05) is 18.9 Å². The zero-order valence-corrected chi connectivity index (χ0v) is 19.6. The lowest BCUT2D eigenvalue weighted by atomic mass is 10.0. The molecule has 1 N–H and O–H groups in total. The van der Waals surface area contributed by atoms with Crippen LogP contribution in [-0.2, 0) is 16.1 Å². The fourth-order valence-electron chi connectivity index (χ4n) is 3.85. The van der Waals surface area contributed by atoms with Crippen LogP contribution in [0.4, 0.5) is 10.1 Å². The zero-order valence-electron chi connectivity index (χ0n) is 19.6. The van der Waals surface area contributed by atoms with Crippen LogP contribution in [0.25, 0.3) is 11.0 Å². The number of halogens is 1. The number of carbonyl (C=O) groups is 2. The van der Waals surface area contributed by atoms with Crippen molar-refractivity contribution >= 4 is 28.5 Å². The van der Waals surface area contributed by atoms with Crippen LogP contribution in [0.5, 0.6) is 0 Å². The Kier molecular flexibility index (Phi) is 7.45. The summed E-state index contributed by atoms with van der Waals surface area (Å²) >= 11 is 0. The highest BCUT2D eigenvalue weighted by Gasteiger charge is 2.34. The van der Waals surface area contributed by atoms with Gasteiger partial charge in [0.1, 0.15) is 23.9 Å². The molecule has 8 nitrogen and oxygen atoms in total. The number of anilines is 1.